The lowest BCUT2D eigenvalue weighted by Gasteiger charge is -2.07. The Morgan fingerprint density at radius 2 is 1.50 bits per heavy atom. The fraction of sp³-hybridized carbons (Fsp3) is 0. The van der Waals surface area contributed by atoms with Crippen LogP contribution in [0, 0.1) is 11.6 Å². The molecule has 30 heavy (non-hydrogen) atoms. The van der Waals surface area contributed by atoms with E-state index in [1.165, 1.54) is 53.2 Å². The number of carbonyl (C=O) groups excluding carboxylic acids is 1. The van der Waals surface area contributed by atoms with Crippen LogP contribution in [0.15, 0.2) is 66.7 Å². The molecule has 0 fully saturated rings. The Labute approximate surface area is 179 Å². The average Bonchev–Trinajstić information content (AvgIpc) is 3.18. The van der Waals surface area contributed by atoms with E-state index >= 15 is 0 Å². The third-order valence-electron chi connectivity index (χ3n) is 4.16. The average molecular weight is 445 g/mol. The van der Waals surface area contributed by atoms with E-state index in [2.05, 4.69) is 15.4 Å². The van der Waals surface area contributed by atoms with Gasteiger partial charge in [0.2, 0.25) is 5.82 Å². The number of benzene rings is 3. The van der Waals surface area contributed by atoms with Crippen LogP contribution in [0.4, 0.5) is 14.5 Å². The first-order valence-corrected chi connectivity index (χ1v) is 9.41. The molecule has 0 radical (unpaired) electrons. The van der Waals surface area contributed by atoms with Gasteiger partial charge in [-0.1, -0.05) is 23.2 Å². The first-order chi connectivity index (χ1) is 14.4. The fourth-order valence-electron chi connectivity index (χ4n) is 2.71. The van der Waals surface area contributed by atoms with Gasteiger partial charge in [0, 0.05) is 11.3 Å². The largest absolute Gasteiger partial charge is 0.319 e. The maximum Gasteiger partial charge on any atom is 0.295 e. The highest BCUT2D eigenvalue weighted by Gasteiger charge is 2.19. The Kier molecular flexibility index (Phi) is 5.48. The Morgan fingerprint density at radius 1 is 0.867 bits per heavy atom. The molecule has 3 aromatic carbocycles. The zero-order valence-corrected chi connectivity index (χ0v) is 16.6. The van der Waals surface area contributed by atoms with Crippen molar-refractivity contribution in [1.29, 1.82) is 0 Å². The van der Waals surface area contributed by atoms with E-state index in [1.54, 1.807) is 18.2 Å². The van der Waals surface area contributed by atoms with Gasteiger partial charge in [0.25, 0.3) is 5.91 Å². The first kappa shape index (κ1) is 20.0. The van der Waals surface area contributed by atoms with Gasteiger partial charge in [-0.2, -0.15) is 0 Å². The van der Waals surface area contributed by atoms with Crippen LogP contribution in [-0.2, 0) is 0 Å². The molecule has 0 atom stereocenters. The smallest absolute Gasteiger partial charge is 0.295 e. The zero-order valence-electron chi connectivity index (χ0n) is 15.1. The van der Waals surface area contributed by atoms with E-state index in [-0.39, 0.29) is 5.82 Å². The molecule has 1 amide bonds. The number of hydrogen-bond donors (Lipinski definition) is 1. The molecule has 9 heteroatoms. The summed E-state index contributed by atoms with van der Waals surface area (Å²) in [4.78, 5) is 17.0. The Balaban J connectivity index is 1.76. The van der Waals surface area contributed by atoms with Gasteiger partial charge in [0.15, 0.2) is 5.82 Å². The molecule has 1 N–H and O–H groups in total. The quantitative estimate of drug-likeness (QED) is 0.434. The molecule has 5 nitrogen and oxygen atoms in total. The van der Waals surface area contributed by atoms with Crippen molar-refractivity contribution in [3.63, 3.8) is 0 Å². The van der Waals surface area contributed by atoms with Crippen molar-refractivity contribution in [2.75, 3.05) is 5.32 Å². The van der Waals surface area contributed by atoms with Gasteiger partial charge in [-0.15, -0.1) is 5.10 Å². The number of hydrogen-bond acceptors (Lipinski definition) is 3. The zero-order chi connectivity index (χ0) is 21.3. The van der Waals surface area contributed by atoms with Crippen molar-refractivity contribution in [2.24, 2.45) is 0 Å². The van der Waals surface area contributed by atoms with Gasteiger partial charge in [-0.3, -0.25) is 4.79 Å². The highest BCUT2D eigenvalue weighted by Crippen LogP contribution is 2.27. The molecule has 0 aliphatic rings. The molecule has 0 unspecified atom stereocenters. The number of rotatable bonds is 4. The Hall–Kier alpha value is -3.29. The van der Waals surface area contributed by atoms with E-state index in [9.17, 15) is 13.6 Å². The number of halogens is 4. The lowest BCUT2D eigenvalue weighted by molar-refractivity contribution is 0.101. The topological polar surface area (TPSA) is 59.8 Å². The monoisotopic (exact) mass is 444 g/mol. The summed E-state index contributed by atoms with van der Waals surface area (Å²) in [5, 5.41) is 7.55. The van der Waals surface area contributed by atoms with Crippen molar-refractivity contribution >= 4 is 34.8 Å². The summed E-state index contributed by atoms with van der Waals surface area (Å²) >= 11 is 12.1. The molecular formula is C21H12Cl2F2N4O. The van der Waals surface area contributed by atoms with Crippen molar-refractivity contribution in [2.45, 2.75) is 0 Å². The number of nitrogens with zero attached hydrogens (tertiary/aromatic N) is 3. The second-order valence-corrected chi connectivity index (χ2v) is 7.05. The van der Waals surface area contributed by atoms with Gasteiger partial charge in [-0.25, -0.2) is 18.4 Å². The number of anilines is 1. The Morgan fingerprint density at radius 3 is 2.13 bits per heavy atom. The van der Waals surface area contributed by atoms with Crippen molar-refractivity contribution < 1.29 is 13.6 Å². The third kappa shape index (κ3) is 4.17. The van der Waals surface area contributed by atoms with Gasteiger partial charge >= 0.3 is 0 Å². The summed E-state index contributed by atoms with van der Waals surface area (Å²) in [6, 6.07) is 15.7. The first-order valence-electron chi connectivity index (χ1n) is 8.66. The maximum absolute atomic E-state index is 13.4. The molecule has 0 spiro atoms. The summed E-state index contributed by atoms with van der Waals surface area (Å²) in [7, 11) is 0. The summed E-state index contributed by atoms with van der Waals surface area (Å²) < 4.78 is 27.9. The highest BCUT2D eigenvalue weighted by molar-refractivity contribution is 6.42. The normalized spacial score (nSPS) is 10.8. The standard InChI is InChI=1S/C21H12Cl2F2N4O/c22-17-10-9-16(11-18(17)23)29-20(12-1-3-13(24)4-2-12)27-19(28-29)21(30)26-15-7-5-14(25)6-8-15/h1-11H,(H,26,30). The van der Waals surface area contributed by atoms with Crippen LogP contribution < -0.4 is 5.32 Å². The molecule has 0 saturated heterocycles. The number of amides is 1. The number of nitrogens with one attached hydrogen (secondary N) is 1. The highest BCUT2D eigenvalue weighted by atomic mass is 35.5. The van der Waals surface area contributed by atoms with Gasteiger partial charge < -0.3 is 5.32 Å². The minimum Gasteiger partial charge on any atom is -0.319 e. The van der Waals surface area contributed by atoms with Crippen LogP contribution in [0.3, 0.4) is 0 Å². The van der Waals surface area contributed by atoms with Crippen LogP contribution in [0.5, 0.6) is 0 Å². The minimum absolute atomic E-state index is 0.135. The van der Waals surface area contributed by atoms with Crippen LogP contribution in [-0.4, -0.2) is 20.7 Å². The second-order valence-electron chi connectivity index (χ2n) is 6.24. The van der Waals surface area contributed by atoms with Gasteiger partial charge in [-0.05, 0) is 66.7 Å². The minimum atomic E-state index is -0.594. The van der Waals surface area contributed by atoms with E-state index in [0.717, 1.165) is 0 Å². The van der Waals surface area contributed by atoms with Crippen molar-refractivity contribution in [1.82, 2.24) is 14.8 Å². The lowest BCUT2D eigenvalue weighted by Crippen LogP contribution is -2.14. The summed E-state index contributed by atoms with van der Waals surface area (Å²) in [5.41, 5.74) is 1.43. The molecule has 1 heterocycles. The number of aromatic nitrogens is 3. The van der Waals surface area contributed by atoms with Crippen LogP contribution >= 0.6 is 23.2 Å². The lowest BCUT2D eigenvalue weighted by atomic mass is 10.2. The van der Waals surface area contributed by atoms with Crippen molar-refractivity contribution in [3.8, 4) is 17.1 Å². The van der Waals surface area contributed by atoms with Crippen LogP contribution in [0.2, 0.25) is 10.0 Å². The van der Waals surface area contributed by atoms with E-state index in [0.29, 0.717) is 32.8 Å². The van der Waals surface area contributed by atoms with E-state index in [1.807, 2.05) is 0 Å². The molecule has 0 saturated carbocycles. The SMILES string of the molecule is O=C(Nc1ccc(F)cc1)c1nc(-c2ccc(F)cc2)n(-c2ccc(Cl)c(Cl)c2)n1. The van der Waals surface area contributed by atoms with E-state index < -0.39 is 17.5 Å². The number of carbonyl (C=O) groups is 1. The van der Waals surface area contributed by atoms with Gasteiger partial charge in [0.1, 0.15) is 11.6 Å². The van der Waals surface area contributed by atoms with Crippen LogP contribution in [0.1, 0.15) is 10.6 Å². The predicted octanol–water partition coefficient (Wildman–Crippen LogP) is 5.77. The van der Waals surface area contributed by atoms with Crippen molar-refractivity contribution in [3.05, 3.63) is 94.2 Å². The maximum atomic E-state index is 13.4. The van der Waals surface area contributed by atoms with Crippen LogP contribution in [0.25, 0.3) is 17.1 Å². The molecule has 4 aromatic rings. The molecule has 0 bridgehead atoms. The molecule has 4 rings (SSSR count). The molecule has 0 aliphatic carbocycles. The van der Waals surface area contributed by atoms with Gasteiger partial charge in [0.05, 0.1) is 15.7 Å². The molecular weight excluding hydrogens is 433 g/mol. The Bertz CT molecular complexity index is 1220. The summed E-state index contributed by atoms with van der Waals surface area (Å²) in [6.07, 6.45) is 0. The predicted molar refractivity (Wildman–Crippen MR) is 111 cm³/mol. The molecule has 1 aromatic heterocycles. The summed E-state index contributed by atoms with van der Waals surface area (Å²) in [6.45, 7) is 0. The fourth-order valence-corrected chi connectivity index (χ4v) is 3.00. The summed E-state index contributed by atoms with van der Waals surface area (Å²) in [5.74, 6) is -1.26. The molecule has 150 valence electrons. The second kappa shape index (κ2) is 8.22. The third-order valence-corrected chi connectivity index (χ3v) is 4.90. The molecule has 0 aliphatic heterocycles. The van der Waals surface area contributed by atoms with E-state index in [4.69, 9.17) is 23.2 Å².